The molecule has 0 heterocycles. The summed E-state index contributed by atoms with van der Waals surface area (Å²) in [6, 6.07) is 0. The van der Waals surface area contributed by atoms with Crippen molar-refractivity contribution < 1.29 is 9.72 Å². The summed E-state index contributed by atoms with van der Waals surface area (Å²) in [6.07, 6.45) is 6.72. The predicted molar refractivity (Wildman–Crippen MR) is 53.7 cm³/mol. The Morgan fingerprint density at radius 2 is 2.21 bits per heavy atom. The number of hydrogen-bond donors (Lipinski definition) is 0. The quantitative estimate of drug-likeness (QED) is 0.155. The van der Waals surface area contributed by atoms with Gasteiger partial charge in [0.05, 0.1) is 4.92 Å². The van der Waals surface area contributed by atoms with Crippen LogP contribution in [0.5, 0.6) is 0 Å². The molecule has 14 heavy (non-hydrogen) atoms. The molecule has 0 N–H and O–H groups in total. The molecule has 5 heteroatoms. The predicted octanol–water partition coefficient (Wildman–Crippen LogP) is 1.73. The summed E-state index contributed by atoms with van der Waals surface area (Å²) in [5.74, 6) is 0. The lowest BCUT2D eigenvalue weighted by atomic mass is 10.2. The fraction of sp³-hybridized carbons (Fsp3) is 0.333. The van der Waals surface area contributed by atoms with Gasteiger partial charge in [-0.25, -0.2) is 0 Å². The zero-order chi connectivity index (χ0) is 10.8. The first-order chi connectivity index (χ1) is 6.72. The fourth-order valence-electron chi connectivity index (χ4n) is 0.768. The maximum absolute atomic E-state index is 10.4. The highest BCUT2D eigenvalue weighted by molar-refractivity contribution is 5.49. The maximum Gasteiger partial charge on any atom is 0.287 e. The minimum atomic E-state index is -0.537. The first kappa shape index (κ1) is 12.2. The van der Waals surface area contributed by atoms with Crippen molar-refractivity contribution >= 4 is 13.0 Å². The van der Waals surface area contributed by atoms with Crippen molar-refractivity contribution in [2.45, 2.75) is 19.3 Å². The van der Waals surface area contributed by atoms with E-state index in [0.717, 1.165) is 12.5 Å². The number of unbranched alkanes of at least 4 members (excludes halogenated alkanes) is 2. The second-order valence-electron chi connectivity index (χ2n) is 2.49. The maximum atomic E-state index is 10.4. The van der Waals surface area contributed by atoms with Crippen molar-refractivity contribution in [1.29, 1.82) is 0 Å². The molecule has 0 fully saturated rings. The monoisotopic (exact) mass is 196 g/mol. The van der Waals surface area contributed by atoms with Crippen molar-refractivity contribution in [2.24, 2.45) is 4.99 Å². The summed E-state index contributed by atoms with van der Waals surface area (Å²) >= 11 is 0. The molecule has 0 aromatic carbocycles. The summed E-state index contributed by atoms with van der Waals surface area (Å²) < 4.78 is 0. The third-order valence-corrected chi connectivity index (χ3v) is 1.42. The van der Waals surface area contributed by atoms with Crippen molar-refractivity contribution in [2.75, 3.05) is 0 Å². The van der Waals surface area contributed by atoms with E-state index in [1.54, 1.807) is 6.08 Å². The van der Waals surface area contributed by atoms with Crippen molar-refractivity contribution in [3.8, 4) is 0 Å². The Balaban J connectivity index is 4.04. The summed E-state index contributed by atoms with van der Waals surface area (Å²) in [7, 11) is 0. The molecule has 0 saturated heterocycles. The zero-order valence-corrected chi connectivity index (χ0v) is 7.76. The summed E-state index contributed by atoms with van der Waals surface area (Å²) in [5.41, 5.74) is -0.105. The highest BCUT2D eigenvalue weighted by Gasteiger charge is 2.03. The topological polar surface area (TPSA) is 72.6 Å². The van der Waals surface area contributed by atoms with Crippen LogP contribution in [0.1, 0.15) is 19.3 Å². The van der Waals surface area contributed by atoms with Gasteiger partial charge < -0.3 is 4.79 Å². The van der Waals surface area contributed by atoms with Crippen LogP contribution < -0.4 is 0 Å². The van der Waals surface area contributed by atoms with E-state index in [1.165, 1.54) is 6.08 Å². The van der Waals surface area contributed by atoms with Gasteiger partial charge in [0.2, 0.25) is 0 Å². The van der Waals surface area contributed by atoms with Gasteiger partial charge in [0.25, 0.3) is 5.70 Å². The van der Waals surface area contributed by atoms with Gasteiger partial charge in [0, 0.05) is 12.5 Å². The molecule has 0 aliphatic carbocycles. The Morgan fingerprint density at radius 3 is 2.71 bits per heavy atom. The molecule has 0 radical (unpaired) electrons. The number of rotatable bonds is 7. The molecule has 0 amide bonds. The average molecular weight is 196 g/mol. The van der Waals surface area contributed by atoms with E-state index in [-0.39, 0.29) is 5.70 Å². The lowest BCUT2D eigenvalue weighted by Crippen LogP contribution is -1.94. The third-order valence-electron chi connectivity index (χ3n) is 1.42. The molecule has 0 aromatic heterocycles. The Morgan fingerprint density at radius 1 is 1.50 bits per heavy atom. The first-order valence-corrected chi connectivity index (χ1v) is 4.13. The second-order valence-corrected chi connectivity index (χ2v) is 2.49. The van der Waals surface area contributed by atoms with Crippen LogP contribution in [0.15, 0.2) is 29.0 Å². The van der Waals surface area contributed by atoms with Crippen LogP contribution in [0.3, 0.4) is 0 Å². The van der Waals surface area contributed by atoms with E-state index in [2.05, 4.69) is 11.7 Å². The molecule has 76 valence electrons. The van der Waals surface area contributed by atoms with Crippen molar-refractivity contribution in [1.82, 2.24) is 0 Å². The summed E-state index contributed by atoms with van der Waals surface area (Å²) in [6.45, 7) is 3.13. The molecule has 0 atom stereocenters. The van der Waals surface area contributed by atoms with Gasteiger partial charge in [-0.2, -0.15) is 0 Å². The zero-order valence-electron chi connectivity index (χ0n) is 7.76. The number of nitrogens with zero attached hydrogens (tertiary/aromatic N) is 2. The number of allylic oxidation sites excluding steroid dienone is 2. The van der Waals surface area contributed by atoms with E-state index in [1.807, 2.05) is 0 Å². The molecule has 0 spiro atoms. The van der Waals surface area contributed by atoms with Gasteiger partial charge in [-0.1, -0.05) is 6.08 Å². The molecule has 0 bridgehead atoms. The highest BCUT2D eigenvalue weighted by Crippen LogP contribution is 2.01. The van der Waals surface area contributed by atoms with E-state index in [9.17, 15) is 14.9 Å². The van der Waals surface area contributed by atoms with Crippen LogP contribution in [-0.2, 0) is 4.79 Å². The van der Waals surface area contributed by atoms with Crippen LogP contribution in [0.25, 0.3) is 0 Å². The van der Waals surface area contributed by atoms with Crippen molar-refractivity contribution in [3.63, 3.8) is 0 Å². The lowest BCUT2D eigenvalue weighted by molar-refractivity contribution is -0.419. The van der Waals surface area contributed by atoms with E-state index >= 15 is 0 Å². The molecule has 5 nitrogen and oxygen atoms in total. The molecule has 0 aromatic rings. The summed E-state index contributed by atoms with van der Waals surface area (Å²) in [4.78, 5) is 23.1. The lowest BCUT2D eigenvalue weighted by Gasteiger charge is -1.89. The third kappa shape index (κ3) is 5.82. The van der Waals surface area contributed by atoms with Crippen LogP contribution in [0, 0.1) is 10.1 Å². The van der Waals surface area contributed by atoms with Gasteiger partial charge in [0.15, 0.2) is 0 Å². The summed E-state index contributed by atoms with van der Waals surface area (Å²) in [5, 5.41) is 10.4. The molecule has 0 aliphatic rings. The van der Waals surface area contributed by atoms with E-state index < -0.39 is 4.92 Å². The number of carbonyl (C=O) groups is 1. The van der Waals surface area contributed by atoms with Crippen molar-refractivity contribution in [3.05, 3.63) is 34.2 Å². The van der Waals surface area contributed by atoms with Gasteiger partial charge in [-0.3, -0.25) is 15.1 Å². The SMILES string of the molecule is C=N/C=C(\C=C/CCCC=O)[N+](=O)[O-]. The largest absolute Gasteiger partial charge is 0.303 e. The van der Waals surface area contributed by atoms with Gasteiger partial charge >= 0.3 is 0 Å². The standard InChI is InChI=1S/C9H12N2O3/c1-10-8-9(11(13)14)6-4-2-3-5-7-12/h4,6-8H,1-3,5H2/b6-4-,9-8+. The average Bonchev–Trinajstić information content (AvgIpc) is 2.15. The number of nitro groups is 1. The number of aliphatic imine (C=N–C) groups is 1. The second kappa shape index (κ2) is 7.85. The molecule has 0 rings (SSSR count). The minimum absolute atomic E-state index is 0.105. The molecule has 0 saturated carbocycles. The number of aldehydes is 1. The van der Waals surface area contributed by atoms with Crippen LogP contribution in [0.4, 0.5) is 0 Å². The normalized spacial score (nSPS) is 11.6. The minimum Gasteiger partial charge on any atom is -0.303 e. The van der Waals surface area contributed by atoms with Gasteiger partial charge in [-0.15, -0.1) is 0 Å². The van der Waals surface area contributed by atoms with Crippen LogP contribution in [0.2, 0.25) is 0 Å². The fourth-order valence-corrected chi connectivity index (χ4v) is 0.768. The molecule has 0 aliphatic heterocycles. The number of hydrogen-bond acceptors (Lipinski definition) is 4. The van der Waals surface area contributed by atoms with Crippen LogP contribution in [-0.4, -0.2) is 17.9 Å². The number of carbonyl (C=O) groups excluding carboxylic acids is 1. The Kier molecular flexibility index (Phi) is 6.85. The van der Waals surface area contributed by atoms with Gasteiger partial charge in [-0.05, 0) is 19.6 Å². The van der Waals surface area contributed by atoms with E-state index in [0.29, 0.717) is 19.3 Å². The molecular formula is C9H12N2O3. The van der Waals surface area contributed by atoms with Gasteiger partial charge in [0.1, 0.15) is 12.5 Å². The molecule has 0 unspecified atom stereocenters. The van der Waals surface area contributed by atoms with E-state index in [4.69, 9.17) is 0 Å². The first-order valence-electron chi connectivity index (χ1n) is 4.13. The Labute approximate surface area is 82.0 Å². The molecular weight excluding hydrogens is 184 g/mol. The highest BCUT2D eigenvalue weighted by atomic mass is 16.6. The smallest absolute Gasteiger partial charge is 0.287 e. The Bertz CT molecular complexity index is 269. The van der Waals surface area contributed by atoms with Crippen LogP contribution >= 0.6 is 0 Å². The Hall–Kier alpha value is -1.78.